The Balaban J connectivity index is 1.37. The molecule has 0 aromatic heterocycles. The van der Waals surface area contributed by atoms with E-state index in [0.29, 0.717) is 23.8 Å². The summed E-state index contributed by atoms with van der Waals surface area (Å²) in [4.78, 5) is 12.6. The van der Waals surface area contributed by atoms with E-state index in [9.17, 15) is 13.6 Å². The first-order valence-electron chi connectivity index (χ1n) is 12.5. The number of fused-ring (bicyclic) bond motifs is 1. The first kappa shape index (κ1) is 24.4. The zero-order valence-corrected chi connectivity index (χ0v) is 19.9. The highest BCUT2D eigenvalue weighted by Crippen LogP contribution is 2.47. The zero-order chi connectivity index (χ0) is 24.1. The summed E-state index contributed by atoms with van der Waals surface area (Å²) >= 11 is 0. The summed E-state index contributed by atoms with van der Waals surface area (Å²) in [7, 11) is 0. The van der Waals surface area contributed by atoms with Crippen LogP contribution in [0.3, 0.4) is 0 Å². The van der Waals surface area contributed by atoms with Gasteiger partial charge in [0.2, 0.25) is 0 Å². The lowest BCUT2D eigenvalue weighted by Gasteiger charge is -2.41. The number of carbonyl (C=O) groups excluding carboxylic acids is 1. The number of hydrogen-bond acceptors (Lipinski definition) is 2. The molecule has 0 N–H and O–H groups in total. The van der Waals surface area contributed by atoms with Gasteiger partial charge in [-0.05, 0) is 99.7 Å². The number of carbonyl (C=O) groups is 1. The Labute approximate surface area is 201 Å². The lowest BCUT2D eigenvalue weighted by molar-refractivity contribution is 0.0734. The SMILES string of the molecule is C=CC1CCC2CC(c3ccc(C(=O)Oc4cc(F)c(CC/C=C/C)c(F)c4)cc3)CCC2C1. The molecular weight excluding hydrogens is 430 g/mol. The highest BCUT2D eigenvalue weighted by atomic mass is 19.1. The molecule has 4 heteroatoms. The van der Waals surface area contributed by atoms with Crippen LogP contribution in [0.25, 0.3) is 0 Å². The zero-order valence-electron chi connectivity index (χ0n) is 19.9. The molecule has 2 aromatic carbocycles. The third-order valence-corrected chi connectivity index (χ3v) is 7.73. The molecule has 4 unspecified atom stereocenters. The molecule has 2 nitrogen and oxygen atoms in total. The molecule has 2 saturated carbocycles. The highest BCUT2D eigenvalue weighted by molar-refractivity contribution is 5.91. The first-order chi connectivity index (χ1) is 16.5. The highest BCUT2D eigenvalue weighted by Gasteiger charge is 2.35. The van der Waals surface area contributed by atoms with Gasteiger partial charge < -0.3 is 4.74 Å². The van der Waals surface area contributed by atoms with Gasteiger partial charge in [-0.1, -0.05) is 30.4 Å². The van der Waals surface area contributed by atoms with Crippen LogP contribution in [-0.4, -0.2) is 5.97 Å². The van der Waals surface area contributed by atoms with Crippen LogP contribution in [0.5, 0.6) is 5.75 Å². The van der Waals surface area contributed by atoms with Crippen molar-refractivity contribution in [2.24, 2.45) is 17.8 Å². The van der Waals surface area contributed by atoms with E-state index in [-0.39, 0.29) is 17.7 Å². The van der Waals surface area contributed by atoms with Gasteiger partial charge in [-0.2, -0.15) is 0 Å². The summed E-state index contributed by atoms with van der Waals surface area (Å²) in [6.07, 6.45) is 14.1. The number of rotatable bonds is 7. The number of hydrogen-bond donors (Lipinski definition) is 0. The molecule has 2 aromatic rings. The molecule has 180 valence electrons. The summed E-state index contributed by atoms with van der Waals surface area (Å²) in [6, 6.07) is 9.69. The van der Waals surface area contributed by atoms with Crippen LogP contribution < -0.4 is 4.74 Å². The van der Waals surface area contributed by atoms with Crippen LogP contribution in [0.15, 0.2) is 61.2 Å². The molecule has 0 heterocycles. The number of benzene rings is 2. The smallest absolute Gasteiger partial charge is 0.343 e. The largest absolute Gasteiger partial charge is 0.423 e. The fourth-order valence-corrected chi connectivity index (χ4v) is 5.77. The summed E-state index contributed by atoms with van der Waals surface area (Å²) in [5.74, 6) is 0.679. The van der Waals surface area contributed by atoms with Crippen molar-refractivity contribution in [3.05, 3.63) is 89.5 Å². The van der Waals surface area contributed by atoms with Crippen molar-refractivity contribution in [3.8, 4) is 5.75 Å². The maximum absolute atomic E-state index is 14.3. The van der Waals surface area contributed by atoms with E-state index < -0.39 is 17.6 Å². The Hall–Kier alpha value is -2.75. The Morgan fingerprint density at radius 1 is 1.03 bits per heavy atom. The van der Waals surface area contributed by atoms with Gasteiger partial charge in [-0.25, -0.2) is 13.6 Å². The van der Waals surface area contributed by atoms with Gasteiger partial charge in [0.25, 0.3) is 0 Å². The van der Waals surface area contributed by atoms with Crippen molar-refractivity contribution >= 4 is 5.97 Å². The summed E-state index contributed by atoms with van der Waals surface area (Å²) in [5.41, 5.74) is 1.64. The lowest BCUT2D eigenvalue weighted by Crippen LogP contribution is -2.29. The predicted molar refractivity (Wildman–Crippen MR) is 132 cm³/mol. The quantitative estimate of drug-likeness (QED) is 0.235. The van der Waals surface area contributed by atoms with Crippen LogP contribution in [0.2, 0.25) is 0 Å². The second-order valence-corrected chi connectivity index (χ2v) is 9.82. The molecule has 34 heavy (non-hydrogen) atoms. The predicted octanol–water partition coefficient (Wildman–Crippen LogP) is 8.18. The Morgan fingerprint density at radius 3 is 2.38 bits per heavy atom. The van der Waals surface area contributed by atoms with Crippen LogP contribution in [0, 0.1) is 29.4 Å². The minimum atomic E-state index is -0.694. The first-order valence-corrected chi connectivity index (χ1v) is 12.5. The molecule has 4 atom stereocenters. The topological polar surface area (TPSA) is 26.3 Å². The van der Waals surface area contributed by atoms with Crippen LogP contribution >= 0.6 is 0 Å². The van der Waals surface area contributed by atoms with E-state index in [4.69, 9.17) is 4.74 Å². The molecule has 2 fully saturated rings. The van der Waals surface area contributed by atoms with E-state index in [0.717, 1.165) is 24.0 Å². The maximum atomic E-state index is 14.3. The van der Waals surface area contributed by atoms with E-state index in [1.807, 2.05) is 31.2 Å². The standard InChI is InChI=1S/C30H34F2O2/c1-3-5-6-7-27-28(31)18-26(19-29(27)32)34-30(33)22-12-10-21(11-13-22)24-15-14-23-16-20(4-2)8-9-25(23)17-24/h3-5,10-13,18-20,23-25H,2,6-9,14-17H2,1H3/b5-3+. The molecule has 0 radical (unpaired) electrons. The summed E-state index contributed by atoms with van der Waals surface area (Å²) in [6.45, 7) is 5.84. The number of halogens is 2. The molecule has 0 aliphatic heterocycles. The van der Waals surface area contributed by atoms with Crippen molar-refractivity contribution in [3.63, 3.8) is 0 Å². The maximum Gasteiger partial charge on any atom is 0.343 e. The van der Waals surface area contributed by atoms with Crippen molar-refractivity contribution in [2.75, 3.05) is 0 Å². The van der Waals surface area contributed by atoms with Crippen LogP contribution in [-0.2, 0) is 6.42 Å². The fraction of sp³-hybridized carbons (Fsp3) is 0.433. The third kappa shape index (κ3) is 5.65. The third-order valence-electron chi connectivity index (χ3n) is 7.73. The molecule has 2 aliphatic rings. The van der Waals surface area contributed by atoms with Crippen molar-refractivity contribution in [2.45, 2.75) is 64.2 Å². The Bertz CT molecular complexity index is 1020. The lowest BCUT2D eigenvalue weighted by atomic mass is 9.64. The van der Waals surface area contributed by atoms with Gasteiger partial charge in [-0.3, -0.25) is 0 Å². The Kier molecular flexibility index (Phi) is 7.97. The van der Waals surface area contributed by atoms with Gasteiger partial charge in [0.1, 0.15) is 17.4 Å². The molecule has 0 spiro atoms. The van der Waals surface area contributed by atoms with Gasteiger partial charge in [-0.15, -0.1) is 6.58 Å². The van der Waals surface area contributed by atoms with Gasteiger partial charge in [0.15, 0.2) is 0 Å². The Morgan fingerprint density at radius 2 is 1.71 bits per heavy atom. The number of allylic oxidation sites excluding steroid dienone is 3. The molecule has 2 aliphatic carbocycles. The van der Waals surface area contributed by atoms with Crippen molar-refractivity contribution in [1.82, 2.24) is 0 Å². The normalized spacial score (nSPS) is 24.6. The molecule has 0 amide bonds. The molecule has 0 saturated heterocycles. The van der Waals surface area contributed by atoms with Gasteiger partial charge in [0, 0.05) is 17.7 Å². The molecular formula is C30H34F2O2. The van der Waals surface area contributed by atoms with Crippen molar-refractivity contribution in [1.29, 1.82) is 0 Å². The number of esters is 1. The number of ether oxygens (including phenoxy) is 1. The monoisotopic (exact) mass is 464 g/mol. The van der Waals surface area contributed by atoms with Crippen LogP contribution in [0.4, 0.5) is 8.78 Å². The minimum Gasteiger partial charge on any atom is -0.423 e. The van der Waals surface area contributed by atoms with Gasteiger partial charge in [0.05, 0.1) is 5.56 Å². The summed E-state index contributed by atoms with van der Waals surface area (Å²) in [5, 5.41) is 0. The fourth-order valence-electron chi connectivity index (χ4n) is 5.77. The average molecular weight is 465 g/mol. The van der Waals surface area contributed by atoms with E-state index in [2.05, 4.69) is 12.7 Å². The van der Waals surface area contributed by atoms with E-state index in [1.165, 1.54) is 44.1 Å². The molecule has 0 bridgehead atoms. The minimum absolute atomic E-state index is 0.00921. The van der Waals surface area contributed by atoms with Crippen LogP contribution in [0.1, 0.15) is 79.3 Å². The molecule has 4 rings (SSSR count). The second kappa shape index (κ2) is 11.1. The average Bonchev–Trinajstić information content (AvgIpc) is 2.85. The summed E-state index contributed by atoms with van der Waals surface area (Å²) < 4.78 is 34.0. The second-order valence-electron chi connectivity index (χ2n) is 9.82. The van der Waals surface area contributed by atoms with Gasteiger partial charge >= 0.3 is 5.97 Å². The van der Waals surface area contributed by atoms with E-state index in [1.54, 1.807) is 12.1 Å². The van der Waals surface area contributed by atoms with E-state index >= 15 is 0 Å². The van der Waals surface area contributed by atoms with Crippen molar-refractivity contribution < 1.29 is 18.3 Å².